The molecule has 5 heterocycles. The van der Waals surface area contributed by atoms with Gasteiger partial charge in [0.25, 0.3) is 0 Å². The van der Waals surface area contributed by atoms with E-state index in [4.69, 9.17) is 5.73 Å². The number of pyridine rings is 1. The second-order valence-corrected chi connectivity index (χ2v) is 15.3. The fraction of sp³-hybridized carbons (Fsp3) is 0.359. The highest BCUT2D eigenvalue weighted by molar-refractivity contribution is 7.89. The van der Waals surface area contributed by atoms with E-state index in [0.717, 1.165) is 91.3 Å². The van der Waals surface area contributed by atoms with Crippen LogP contribution in [0.3, 0.4) is 0 Å². The average Bonchev–Trinajstić information content (AvgIpc) is 3.79. The fourth-order valence-corrected chi connectivity index (χ4v) is 9.00. The lowest BCUT2D eigenvalue weighted by Gasteiger charge is -2.32. The number of H-pyrrole nitrogens is 2. The van der Waals surface area contributed by atoms with Crippen LogP contribution >= 0.6 is 0 Å². The van der Waals surface area contributed by atoms with Gasteiger partial charge in [-0.2, -0.15) is 0 Å². The molecule has 5 N–H and O–H groups in total. The van der Waals surface area contributed by atoms with Crippen LogP contribution in [0, 0.1) is 11.6 Å². The normalized spacial score (nSPS) is 16.9. The topological polar surface area (TPSA) is 123 Å². The first-order chi connectivity index (χ1) is 24.8. The third-order valence-electron chi connectivity index (χ3n) is 10.5. The minimum absolute atomic E-state index is 0.113. The number of aromatic amines is 2. The van der Waals surface area contributed by atoms with E-state index >= 15 is 0 Å². The van der Waals surface area contributed by atoms with Crippen molar-refractivity contribution in [2.75, 3.05) is 52.4 Å². The van der Waals surface area contributed by atoms with Crippen molar-refractivity contribution < 1.29 is 17.2 Å². The Bertz CT molecular complexity index is 2200. The van der Waals surface area contributed by atoms with Gasteiger partial charge in [0.1, 0.15) is 16.5 Å². The van der Waals surface area contributed by atoms with E-state index in [-0.39, 0.29) is 16.5 Å². The Hall–Kier alpha value is -4.20. The molecule has 2 aliphatic rings. The summed E-state index contributed by atoms with van der Waals surface area (Å²) in [5.74, 6) is 0.465. The maximum Gasteiger partial charge on any atom is 0.242 e. The smallest absolute Gasteiger partial charge is 0.242 e. The third kappa shape index (κ3) is 7.70. The number of likely N-dealkylation sites (tertiary alicyclic amines) is 2. The molecule has 3 aromatic carbocycles. The van der Waals surface area contributed by atoms with Crippen LogP contribution in [0.1, 0.15) is 48.6 Å². The van der Waals surface area contributed by atoms with Crippen molar-refractivity contribution in [2.45, 2.75) is 42.4 Å². The lowest BCUT2D eigenvalue weighted by Crippen LogP contribution is -2.39. The molecule has 0 aliphatic carbocycles. The molecule has 8 rings (SSSR count). The molecule has 12 heteroatoms. The number of hydrogen-bond donors (Lipinski definition) is 4. The van der Waals surface area contributed by atoms with Crippen LogP contribution in [0.4, 0.5) is 8.78 Å². The molecule has 0 atom stereocenters. The van der Waals surface area contributed by atoms with E-state index < -0.39 is 10.0 Å². The number of hydrogen-bond acceptors (Lipinski definition) is 6. The second kappa shape index (κ2) is 15.6. The monoisotopic (exact) mass is 713 g/mol. The van der Waals surface area contributed by atoms with Gasteiger partial charge < -0.3 is 25.5 Å². The number of para-hydroxylation sites is 1. The van der Waals surface area contributed by atoms with Crippen LogP contribution in [-0.4, -0.2) is 85.5 Å². The zero-order valence-corrected chi connectivity index (χ0v) is 29.4. The SMILES string of the molecule is NCCN1CCC(c2c[nH]c3cccc(F)c23)CC1.O=S(=O)(NCCN1CCC(c2c[nH]c3cccc(F)c23)CC1)c1cccc2cccnc12. The third-order valence-corrected chi connectivity index (χ3v) is 12.0. The van der Waals surface area contributed by atoms with Gasteiger partial charge in [-0.25, -0.2) is 21.9 Å². The Morgan fingerprint density at radius 1 is 0.745 bits per heavy atom. The molecule has 268 valence electrons. The van der Waals surface area contributed by atoms with Gasteiger partial charge in [-0.3, -0.25) is 4.98 Å². The van der Waals surface area contributed by atoms with Crippen LogP contribution < -0.4 is 10.5 Å². The zero-order chi connectivity index (χ0) is 35.4. The number of fused-ring (bicyclic) bond motifs is 3. The summed E-state index contributed by atoms with van der Waals surface area (Å²) in [4.78, 5) is 15.5. The summed E-state index contributed by atoms with van der Waals surface area (Å²) in [5.41, 5.74) is 9.99. The number of nitrogens with one attached hydrogen (secondary N) is 3. The highest BCUT2D eigenvalue weighted by Gasteiger charge is 2.26. The molecule has 0 amide bonds. The van der Waals surface area contributed by atoms with Crippen LogP contribution in [0.5, 0.6) is 0 Å². The van der Waals surface area contributed by atoms with E-state index in [1.807, 2.05) is 36.7 Å². The van der Waals surface area contributed by atoms with Crippen LogP contribution in [0.25, 0.3) is 32.7 Å². The highest BCUT2D eigenvalue weighted by atomic mass is 32.2. The van der Waals surface area contributed by atoms with Crippen LogP contribution in [-0.2, 0) is 10.0 Å². The molecule has 0 saturated carbocycles. The summed E-state index contributed by atoms with van der Waals surface area (Å²) >= 11 is 0. The summed E-state index contributed by atoms with van der Waals surface area (Å²) in [6, 6.07) is 19.2. The van der Waals surface area contributed by atoms with Gasteiger partial charge in [-0.15, -0.1) is 0 Å². The number of benzene rings is 3. The Morgan fingerprint density at radius 3 is 1.84 bits per heavy atom. The molecule has 51 heavy (non-hydrogen) atoms. The van der Waals surface area contributed by atoms with E-state index in [2.05, 4.69) is 29.5 Å². The first kappa shape index (κ1) is 35.2. The van der Waals surface area contributed by atoms with Gasteiger partial charge >= 0.3 is 0 Å². The van der Waals surface area contributed by atoms with Crippen molar-refractivity contribution in [3.63, 3.8) is 0 Å². The Morgan fingerprint density at radius 2 is 1.27 bits per heavy atom. The molecule has 0 spiro atoms. The van der Waals surface area contributed by atoms with E-state index in [1.54, 1.807) is 42.6 Å². The summed E-state index contributed by atoms with van der Waals surface area (Å²) in [7, 11) is -3.65. The molecule has 0 unspecified atom stereocenters. The van der Waals surface area contributed by atoms with E-state index in [1.165, 1.54) is 6.07 Å². The number of rotatable bonds is 9. The van der Waals surface area contributed by atoms with E-state index in [9.17, 15) is 17.2 Å². The Labute approximate surface area is 297 Å². The van der Waals surface area contributed by atoms with Gasteiger partial charge in [0.15, 0.2) is 0 Å². The largest absolute Gasteiger partial charge is 0.361 e. The summed E-state index contributed by atoms with van der Waals surface area (Å²) in [6.07, 6.45) is 9.52. The molecule has 2 saturated heterocycles. The average molecular weight is 714 g/mol. The van der Waals surface area contributed by atoms with Crippen LogP contribution in [0.2, 0.25) is 0 Å². The first-order valence-corrected chi connectivity index (χ1v) is 19.3. The lowest BCUT2D eigenvalue weighted by molar-refractivity contribution is 0.216. The van der Waals surface area contributed by atoms with Gasteiger partial charge in [0, 0.05) is 72.0 Å². The van der Waals surface area contributed by atoms with Crippen molar-refractivity contribution >= 4 is 42.7 Å². The summed E-state index contributed by atoms with van der Waals surface area (Å²) in [5, 5.41) is 2.27. The number of sulfonamides is 1. The maximum absolute atomic E-state index is 14.3. The van der Waals surface area contributed by atoms with Crippen LogP contribution in [0.15, 0.2) is 90.2 Å². The second-order valence-electron chi connectivity index (χ2n) is 13.6. The number of aromatic nitrogens is 3. The van der Waals surface area contributed by atoms with E-state index in [0.29, 0.717) is 42.4 Å². The molecule has 6 aromatic rings. The molecule has 3 aromatic heterocycles. The Balaban J connectivity index is 0.000000182. The molecule has 0 bridgehead atoms. The van der Waals surface area contributed by atoms with Crippen molar-refractivity contribution in [3.05, 3.63) is 108 Å². The zero-order valence-electron chi connectivity index (χ0n) is 28.6. The first-order valence-electron chi connectivity index (χ1n) is 17.8. The molecular formula is C39H45F2N7O2S. The molecule has 0 radical (unpaired) electrons. The number of nitrogens with two attached hydrogens (primary N) is 1. The number of halogens is 2. The number of piperidine rings is 2. The standard InChI is InChI=1S/C24H25FN4O2S.C15H20FN3/c25-20-6-2-7-21-23(20)19(16-27-21)17-9-13-29(14-10-17)15-12-28-32(30,31)22-8-1-4-18-5-3-11-26-24(18)22;16-13-2-1-3-14-15(13)12(10-18-14)11-4-7-19(8-5-11)9-6-17/h1-8,11,16-17,27-28H,9-10,12-15H2;1-3,10-11,18H,4-9,17H2. The van der Waals surface area contributed by atoms with Gasteiger partial charge in [0.2, 0.25) is 10.0 Å². The minimum Gasteiger partial charge on any atom is -0.361 e. The van der Waals surface area contributed by atoms with Crippen molar-refractivity contribution in [1.29, 1.82) is 0 Å². The van der Waals surface area contributed by atoms with Crippen molar-refractivity contribution in [3.8, 4) is 0 Å². The quantitative estimate of drug-likeness (QED) is 0.137. The molecule has 2 fully saturated rings. The van der Waals surface area contributed by atoms with Crippen molar-refractivity contribution in [1.82, 2.24) is 29.5 Å². The predicted molar refractivity (Wildman–Crippen MR) is 199 cm³/mol. The fourth-order valence-electron chi connectivity index (χ4n) is 7.80. The van der Waals surface area contributed by atoms with Gasteiger partial charge in [0.05, 0.1) is 5.52 Å². The highest BCUT2D eigenvalue weighted by Crippen LogP contribution is 2.35. The van der Waals surface area contributed by atoms with Gasteiger partial charge in [-0.05, 0) is 111 Å². The molecule has 2 aliphatic heterocycles. The molecular weight excluding hydrogens is 669 g/mol. The predicted octanol–water partition coefficient (Wildman–Crippen LogP) is 6.46. The maximum atomic E-state index is 14.3. The Kier molecular flexibility index (Phi) is 10.8. The minimum atomic E-state index is -3.65. The summed E-state index contributed by atoms with van der Waals surface area (Å²) < 4.78 is 56.7. The summed E-state index contributed by atoms with van der Waals surface area (Å²) in [6.45, 7) is 6.46. The number of nitrogens with zero attached hydrogens (tertiary/aromatic N) is 3. The van der Waals surface area contributed by atoms with Crippen molar-refractivity contribution in [2.24, 2.45) is 5.73 Å². The lowest BCUT2D eigenvalue weighted by atomic mass is 9.89. The molecule has 9 nitrogen and oxygen atoms in total. The van der Waals surface area contributed by atoms with Gasteiger partial charge in [-0.1, -0.05) is 30.3 Å².